The summed E-state index contributed by atoms with van der Waals surface area (Å²) in [5, 5.41) is 2.82. The smallest absolute Gasteiger partial charge is 0.239 e. The molecule has 1 amide bonds. The highest BCUT2D eigenvalue weighted by atomic mass is 32.1. The molecule has 0 aromatic carbocycles. The normalized spacial score (nSPS) is 18.4. The van der Waals surface area contributed by atoms with E-state index >= 15 is 0 Å². The molecule has 1 aromatic heterocycles. The number of carbonyl (C=O) groups excluding carboxylic acids is 1. The zero-order valence-electron chi connectivity index (χ0n) is 11.3. The number of carbonyl (C=O) groups is 1. The number of hydrogen-bond donors (Lipinski definition) is 2. The van der Waals surface area contributed by atoms with E-state index in [2.05, 4.69) is 11.4 Å². The topological polar surface area (TPSA) is 71.2 Å². The second-order valence-corrected chi connectivity index (χ2v) is 5.75. The summed E-state index contributed by atoms with van der Waals surface area (Å²) >= 11 is 5.16. The first-order chi connectivity index (χ1) is 9.65. The van der Waals surface area contributed by atoms with Gasteiger partial charge in [-0.3, -0.25) is 4.79 Å². The summed E-state index contributed by atoms with van der Waals surface area (Å²) in [5.74, 6) is 0.790. The number of piperazine rings is 1. The summed E-state index contributed by atoms with van der Waals surface area (Å²) in [6.45, 7) is 1.70. The van der Waals surface area contributed by atoms with Crippen molar-refractivity contribution in [2.45, 2.75) is 25.7 Å². The van der Waals surface area contributed by atoms with Gasteiger partial charge < -0.3 is 16.0 Å². The lowest BCUT2D eigenvalue weighted by Gasteiger charge is -2.30. The average Bonchev–Trinajstić information content (AvgIpc) is 2.46. The van der Waals surface area contributed by atoms with Crippen LogP contribution in [-0.4, -0.2) is 35.5 Å². The highest BCUT2D eigenvalue weighted by Crippen LogP contribution is 2.27. The quantitative estimate of drug-likeness (QED) is 0.778. The summed E-state index contributed by atoms with van der Waals surface area (Å²) in [7, 11) is 0. The molecule has 5 nitrogen and oxygen atoms in total. The molecule has 0 unspecified atom stereocenters. The number of aromatic nitrogens is 1. The molecule has 0 bridgehead atoms. The molecule has 1 fully saturated rings. The molecule has 2 heterocycles. The molecule has 1 aliphatic carbocycles. The Labute approximate surface area is 123 Å². The fourth-order valence-electron chi connectivity index (χ4n) is 2.86. The molecule has 1 aromatic rings. The number of nitrogens with zero attached hydrogens (tertiary/aromatic N) is 2. The van der Waals surface area contributed by atoms with Crippen LogP contribution in [0.5, 0.6) is 0 Å². The van der Waals surface area contributed by atoms with E-state index in [-0.39, 0.29) is 5.91 Å². The van der Waals surface area contributed by atoms with Crippen LogP contribution >= 0.6 is 12.2 Å². The largest absolute Gasteiger partial charge is 0.389 e. The summed E-state index contributed by atoms with van der Waals surface area (Å²) in [4.78, 5) is 18.7. The average molecular weight is 290 g/mol. The maximum absolute atomic E-state index is 11.6. The predicted octanol–water partition coefficient (Wildman–Crippen LogP) is 0.531. The Morgan fingerprint density at radius 2 is 2.20 bits per heavy atom. The zero-order valence-corrected chi connectivity index (χ0v) is 12.1. The van der Waals surface area contributed by atoms with Gasteiger partial charge in [-0.2, -0.15) is 0 Å². The van der Waals surface area contributed by atoms with Crippen molar-refractivity contribution < 1.29 is 4.79 Å². The van der Waals surface area contributed by atoms with Crippen molar-refractivity contribution in [3.8, 4) is 0 Å². The van der Waals surface area contributed by atoms with E-state index in [1.54, 1.807) is 0 Å². The third kappa shape index (κ3) is 2.47. The molecule has 2 aliphatic rings. The minimum atomic E-state index is 0.0182. The van der Waals surface area contributed by atoms with E-state index in [0.29, 0.717) is 18.1 Å². The van der Waals surface area contributed by atoms with E-state index in [4.69, 9.17) is 22.9 Å². The molecule has 0 radical (unpaired) electrons. The van der Waals surface area contributed by atoms with Gasteiger partial charge >= 0.3 is 0 Å². The minimum absolute atomic E-state index is 0.0182. The van der Waals surface area contributed by atoms with Gasteiger partial charge in [-0.05, 0) is 37.3 Å². The van der Waals surface area contributed by atoms with Gasteiger partial charge in [0, 0.05) is 18.8 Å². The van der Waals surface area contributed by atoms with Gasteiger partial charge in [0.1, 0.15) is 10.8 Å². The Kier molecular flexibility index (Phi) is 3.56. The van der Waals surface area contributed by atoms with E-state index < -0.39 is 0 Å². The van der Waals surface area contributed by atoms with Gasteiger partial charge in [-0.25, -0.2) is 4.98 Å². The van der Waals surface area contributed by atoms with Gasteiger partial charge in [0.2, 0.25) is 5.91 Å². The van der Waals surface area contributed by atoms with Gasteiger partial charge in [0.15, 0.2) is 0 Å². The lowest BCUT2D eigenvalue weighted by molar-refractivity contribution is -0.120. The van der Waals surface area contributed by atoms with Crippen LogP contribution in [0.25, 0.3) is 0 Å². The molecular formula is C14H18N4OS. The highest BCUT2D eigenvalue weighted by molar-refractivity contribution is 7.80. The fraction of sp³-hybridized carbons (Fsp3) is 0.500. The molecule has 0 saturated carbocycles. The van der Waals surface area contributed by atoms with Crippen molar-refractivity contribution in [3.63, 3.8) is 0 Å². The SMILES string of the molecule is NC(=S)c1cc2c(nc1N1CCNC(=O)C1)CCCC2. The first-order valence-electron chi connectivity index (χ1n) is 6.99. The highest BCUT2D eigenvalue weighted by Gasteiger charge is 2.23. The third-order valence-corrected chi connectivity index (χ3v) is 4.10. The predicted molar refractivity (Wildman–Crippen MR) is 82.0 cm³/mol. The number of nitrogens with one attached hydrogen (secondary N) is 1. The summed E-state index contributed by atoms with van der Waals surface area (Å²) in [6, 6.07) is 2.08. The van der Waals surface area contributed by atoms with Crippen LogP contribution in [0, 0.1) is 0 Å². The van der Waals surface area contributed by atoms with Crippen LogP contribution in [0.1, 0.15) is 29.7 Å². The molecule has 1 aliphatic heterocycles. The second-order valence-electron chi connectivity index (χ2n) is 5.31. The van der Waals surface area contributed by atoms with Crippen LogP contribution in [0.4, 0.5) is 5.82 Å². The number of aryl methyl sites for hydroxylation is 2. The van der Waals surface area contributed by atoms with Crippen molar-refractivity contribution in [1.82, 2.24) is 10.3 Å². The van der Waals surface area contributed by atoms with E-state index in [1.807, 2.05) is 4.90 Å². The van der Waals surface area contributed by atoms with Gasteiger partial charge in [0.05, 0.1) is 12.1 Å². The summed E-state index contributed by atoms with van der Waals surface area (Å²) in [6.07, 6.45) is 4.40. The lowest BCUT2D eigenvalue weighted by Crippen LogP contribution is -2.48. The Morgan fingerprint density at radius 1 is 1.40 bits per heavy atom. The molecule has 20 heavy (non-hydrogen) atoms. The molecule has 0 atom stereocenters. The number of anilines is 1. The fourth-order valence-corrected chi connectivity index (χ4v) is 3.01. The molecule has 1 saturated heterocycles. The minimum Gasteiger partial charge on any atom is -0.389 e. The van der Waals surface area contributed by atoms with Crippen molar-refractivity contribution in [2.24, 2.45) is 5.73 Å². The van der Waals surface area contributed by atoms with E-state index in [9.17, 15) is 4.79 Å². The Balaban J connectivity index is 2.03. The van der Waals surface area contributed by atoms with Gasteiger partial charge in [-0.1, -0.05) is 12.2 Å². The number of fused-ring (bicyclic) bond motifs is 1. The Hall–Kier alpha value is -1.69. The number of amides is 1. The van der Waals surface area contributed by atoms with Crippen molar-refractivity contribution in [2.75, 3.05) is 24.5 Å². The first kappa shape index (κ1) is 13.3. The van der Waals surface area contributed by atoms with Crippen LogP contribution in [0.3, 0.4) is 0 Å². The standard InChI is InChI=1S/C14H18N4OS/c15-13(20)10-7-9-3-1-2-4-11(9)17-14(10)18-6-5-16-12(19)8-18/h7H,1-6,8H2,(H2,15,20)(H,16,19). The molecule has 3 rings (SSSR count). The number of thiocarbonyl (C=S) groups is 1. The lowest BCUT2D eigenvalue weighted by atomic mass is 9.94. The van der Waals surface area contributed by atoms with Crippen molar-refractivity contribution in [3.05, 3.63) is 22.9 Å². The van der Waals surface area contributed by atoms with Gasteiger partial charge in [-0.15, -0.1) is 0 Å². The van der Waals surface area contributed by atoms with Crippen LogP contribution < -0.4 is 16.0 Å². The van der Waals surface area contributed by atoms with E-state index in [0.717, 1.165) is 36.5 Å². The molecular weight excluding hydrogens is 272 g/mol. The number of pyridine rings is 1. The number of rotatable bonds is 2. The van der Waals surface area contributed by atoms with Crippen LogP contribution in [-0.2, 0) is 17.6 Å². The molecule has 106 valence electrons. The summed E-state index contributed by atoms with van der Waals surface area (Å²) in [5.41, 5.74) is 9.04. The molecule has 3 N–H and O–H groups in total. The first-order valence-corrected chi connectivity index (χ1v) is 7.40. The monoisotopic (exact) mass is 290 g/mol. The number of nitrogens with two attached hydrogens (primary N) is 1. The Bertz CT molecular complexity index is 573. The van der Waals surface area contributed by atoms with Gasteiger partial charge in [0.25, 0.3) is 0 Å². The maximum Gasteiger partial charge on any atom is 0.239 e. The zero-order chi connectivity index (χ0) is 14.1. The Morgan fingerprint density at radius 3 is 2.95 bits per heavy atom. The number of hydrogen-bond acceptors (Lipinski definition) is 4. The molecule has 6 heteroatoms. The van der Waals surface area contributed by atoms with Crippen LogP contribution in [0.2, 0.25) is 0 Å². The second kappa shape index (κ2) is 5.36. The molecule has 0 spiro atoms. The third-order valence-electron chi connectivity index (χ3n) is 3.88. The summed E-state index contributed by atoms with van der Waals surface area (Å²) < 4.78 is 0. The van der Waals surface area contributed by atoms with Crippen molar-refractivity contribution in [1.29, 1.82) is 0 Å². The van der Waals surface area contributed by atoms with E-state index in [1.165, 1.54) is 18.4 Å². The van der Waals surface area contributed by atoms with Crippen molar-refractivity contribution >= 4 is 28.9 Å². The van der Waals surface area contributed by atoms with Crippen LogP contribution in [0.15, 0.2) is 6.07 Å². The maximum atomic E-state index is 11.6.